The number of anilines is 1. The van der Waals surface area contributed by atoms with Crippen LogP contribution in [0.2, 0.25) is 19.1 Å². The molecule has 2 aromatic rings. The van der Waals surface area contributed by atoms with Crippen LogP contribution in [-0.2, 0) is 10.8 Å². The lowest BCUT2D eigenvalue weighted by Gasteiger charge is -2.22. The van der Waals surface area contributed by atoms with E-state index in [-0.39, 0.29) is 11.5 Å². The molecule has 6 heteroatoms. The van der Waals surface area contributed by atoms with Crippen molar-refractivity contribution in [3.05, 3.63) is 52.6 Å². The quantitative estimate of drug-likeness (QED) is 0.745. The number of nitrogen functional groups attached to an aromatic ring is 1. The normalized spacial score (nSPS) is 11.6. The third-order valence-corrected chi connectivity index (χ3v) is 6.57. The number of hydrogen-bond acceptors (Lipinski definition) is 4. The molecule has 130 valence electrons. The second-order valence-corrected chi connectivity index (χ2v) is 10.9. The molecule has 0 saturated heterocycles. The van der Waals surface area contributed by atoms with E-state index in [9.17, 15) is 4.79 Å². The van der Waals surface area contributed by atoms with Crippen LogP contribution in [0.5, 0.6) is 0 Å². The van der Waals surface area contributed by atoms with E-state index in [1.54, 1.807) is 12.3 Å². The van der Waals surface area contributed by atoms with Gasteiger partial charge in [0.25, 0.3) is 0 Å². The van der Waals surface area contributed by atoms with Gasteiger partial charge in [-0.05, 0) is 49.3 Å². The van der Waals surface area contributed by atoms with Crippen LogP contribution in [0.15, 0.2) is 41.3 Å². The van der Waals surface area contributed by atoms with Gasteiger partial charge in [-0.2, -0.15) is 4.98 Å². The highest BCUT2D eigenvalue weighted by atomic mass is 28.4. The minimum atomic E-state index is -1.55. The number of aromatic nitrogens is 2. The van der Waals surface area contributed by atoms with Crippen molar-refractivity contribution in [2.75, 3.05) is 12.3 Å². The van der Waals surface area contributed by atoms with E-state index in [4.69, 9.17) is 10.2 Å². The zero-order chi connectivity index (χ0) is 17.6. The lowest BCUT2D eigenvalue weighted by atomic mass is 10.1. The third-order valence-electron chi connectivity index (χ3n) is 4.03. The third kappa shape index (κ3) is 5.32. The second-order valence-electron chi connectivity index (χ2n) is 6.64. The zero-order valence-electron chi connectivity index (χ0n) is 14.8. The van der Waals surface area contributed by atoms with Crippen LogP contribution in [0.3, 0.4) is 0 Å². The van der Waals surface area contributed by atoms with E-state index in [0.717, 1.165) is 24.3 Å². The van der Waals surface area contributed by atoms with Gasteiger partial charge < -0.3 is 10.2 Å². The average Bonchev–Trinajstić information content (AvgIpc) is 2.53. The van der Waals surface area contributed by atoms with Crippen LogP contribution in [0.25, 0.3) is 5.69 Å². The monoisotopic (exact) mass is 345 g/mol. The molecule has 0 aliphatic carbocycles. The summed E-state index contributed by atoms with van der Waals surface area (Å²) in [6.07, 6.45) is 4.95. The van der Waals surface area contributed by atoms with Crippen molar-refractivity contribution >= 4 is 14.1 Å². The van der Waals surface area contributed by atoms with Gasteiger partial charge in [-0.15, -0.1) is 0 Å². The minimum Gasteiger partial charge on any atom is -0.417 e. The molecule has 0 amide bonds. The molecule has 1 aromatic heterocycles. The summed E-state index contributed by atoms with van der Waals surface area (Å²) in [6, 6.07) is 10.7. The Kier molecular flexibility index (Phi) is 6.34. The predicted molar refractivity (Wildman–Crippen MR) is 101 cm³/mol. The number of benzene rings is 1. The summed E-state index contributed by atoms with van der Waals surface area (Å²) < 4.78 is 7.66. The lowest BCUT2D eigenvalue weighted by Crippen LogP contribution is -2.30. The Morgan fingerprint density at radius 3 is 2.79 bits per heavy atom. The highest BCUT2D eigenvalue weighted by molar-refractivity contribution is 6.71. The van der Waals surface area contributed by atoms with Crippen LogP contribution in [0, 0.1) is 0 Å². The van der Waals surface area contributed by atoms with Crippen LogP contribution >= 0.6 is 0 Å². The first-order valence-corrected chi connectivity index (χ1v) is 11.6. The summed E-state index contributed by atoms with van der Waals surface area (Å²) in [5.41, 5.74) is 7.12. The van der Waals surface area contributed by atoms with Gasteiger partial charge in [-0.3, -0.25) is 4.57 Å². The van der Waals surface area contributed by atoms with E-state index >= 15 is 0 Å². The fraction of sp³-hybridized carbons (Fsp3) is 0.444. The topological polar surface area (TPSA) is 70.1 Å². The summed E-state index contributed by atoms with van der Waals surface area (Å²) in [5, 5.41) is 0. The molecule has 0 bridgehead atoms. The number of hydrogen-bond donors (Lipinski definition) is 1. The number of rotatable bonds is 8. The molecule has 24 heavy (non-hydrogen) atoms. The molecule has 0 unspecified atom stereocenters. The van der Waals surface area contributed by atoms with Crippen LogP contribution in [0.1, 0.15) is 25.3 Å². The molecule has 0 saturated carbocycles. The van der Waals surface area contributed by atoms with Gasteiger partial charge in [0.2, 0.25) is 0 Å². The molecule has 0 radical (unpaired) electrons. The summed E-state index contributed by atoms with van der Waals surface area (Å²) in [5.74, 6) is 0.236. The van der Waals surface area contributed by atoms with E-state index < -0.39 is 8.32 Å². The fourth-order valence-corrected chi connectivity index (χ4v) is 4.60. The van der Waals surface area contributed by atoms with E-state index in [1.807, 2.05) is 18.2 Å². The van der Waals surface area contributed by atoms with E-state index in [1.165, 1.54) is 23.5 Å². The Bertz CT molecular complexity index is 728. The van der Waals surface area contributed by atoms with Crippen molar-refractivity contribution in [3.63, 3.8) is 0 Å². The van der Waals surface area contributed by atoms with Crippen molar-refractivity contribution in [2.24, 2.45) is 0 Å². The molecule has 1 aromatic carbocycles. The number of unbranched alkanes of at least 4 members (excludes halogenated alkanes) is 1. The first-order chi connectivity index (χ1) is 11.4. The Labute approximate surface area is 144 Å². The molecule has 2 rings (SSSR count). The van der Waals surface area contributed by atoms with E-state index in [2.05, 4.69) is 31.1 Å². The Hall–Kier alpha value is -1.92. The fourth-order valence-electron chi connectivity index (χ4n) is 2.59. The zero-order valence-corrected chi connectivity index (χ0v) is 15.8. The molecule has 2 N–H and O–H groups in total. The summed E-state index contributed by atoms with van der Waals surface area (Å²) in [7, 11) is -1.55. The summed E-state index contributed by atoms with van der Waals surface area (Å²) in [6.45, 7) is 7.49. The molecule has 0 atom stereocenters. The molecule has 0 fully saturated rings. The molecule has 5 nitrogen and oxygen atoms in total. The Morgan fingerprint density at radius 2 is 2.08 bits per heavy atom. The summed E-state index contributed by atoms with van der Waals surface area (Å²) >= 11 is 0. The second kappa shape index (κ2) is 8.26. The Morgan fingerprint density at radius 1 is 1.29 bits per heavy atom. The predicted octanol–water partition coefficient (Wildman–Crippen LogP) is 3.38. The molecule has 0 aliphatic heterocycles. The van der Waals surface area contributed by atoms with Crippen LogP contribution < -0.4 is 11.4 Å². The molecular weight excluding hydrogens is 318 g/mol. The van der Waals surface area contributed by atoms with Gasteiger partial charge in [-0.25, -0.2) is 4.79 Å². The van der Waals surface area contributed by atoms with Gasteiger partial charge in [-0.1, -0.05) is 31.9 Å². The minimum absolute atomic E-state index is 0.236. The standard InChI is InChI=1S/C18H27N3O2Si/c1-4-5-13-24(2,3)23-12-10-15-7-6-8-16(14-15)21-11-9-17(19)20-18(21)22/h6-9,11,14H,4-5,10,12-13H2,1-3H3,(H2,19,20,22). The van der Waals surface area contributed by atoms with Gasteiger partial charge in [0, 0.05) is 12.8 Å². The van der Waals surface area contributed by atoms with E-state index in [0.29, 0.717) is 0 Å². The van der Waals surface area contributed by atoms with Crippen LogP contribution in [0.4, 0.5) is 5.82 Å². The highest BCUT2D eigenvalue weighted by Crippen LogP contribution is 2.16. The molecular formula is C18H27N3O2Si. The summed E-state index contributed by atoms with van der Waals surface area (Å²) in [4.78, 5) is 15.7. The van der Waals surface area contributed by atoms with Crippen molar-refractivity contribution in [2.45, 2.75) is 45.3 Å². The van der Waals surface area contributed by atoms with Gasteiger partial charge >= 0.3 is 5.69 Å². The van der Waals surface area contributed by atoms with Gasteiger partial charge in [0.15, 0.2) is 8.32 Å². The number of nitrogens with two attached hydrogens (primary N) is 1. The molecule has 0 aliphatic rings. The lowest BCUT2D eigenvalue weighted by molar-refractivity contribution is 0.310. The molecule has 1 heterocycles. The SMILES string of the molecule is CCCC[Si](C)(C)OCCc1cccc(-n2ccc(N)nc2=O)c1. The van der Waals surface area contributed by atoms with Crippen molar-refractivity contribution in [1.29, 1.82) is 0 Å². The Balaban J connectivity index is 2.02. The average molecular weight is 346 g/mol. The van der Waals surface area contributed by atoms with Crippen molar-refractivity contribution in [3.8, 4) is 5.69 Å². The molecule has 0 spiro atoms. The number of nitrogens with zero attached hydrogens (tertiary/aromatic N) is 2. The first kappa shape index (κ1) is 18.4. The largest absolute Gasteiger partial charge is 0.417 e. The van der Waals surface area contributed by atoms with Crippen molar-refractivity contribution < 1.29 is 4.43 Å². The smallest absolute Gasteiger partial charge is 0.354 e. The van der Waals surface area contributed by atoms with Crippen LogP contribution in [-0.4, -0.2) is 24.5 Å². The maximum Gasteiger partial charge on any atom is 0.354 e. The maximum absolute atomic E-state index is 12.0. The van der Waals surface area contributed by atoms with Gasteiger partial charge in [0.1, 0.15) is 5.82 Å². The van der Waals surface area contributed by atoms with Crippen molar-refractivity contribution in [1.82, 2.24) is 9.55 Å². The first-order valence-electron chi connectivity index (χ1n) is 8.50. The maximum atomic E-state index is 12.0. The highest BCUT2D eigenvalue weighted by Gasteiger charge is 2.21. The van der Waals surface area contributed by atoms with Gasteiger partial charge in [0.05, 0.1) is 5.69 Å².